The van der Waals surface area contributed by atoms with E-state index in [1.165, 1.54) is 18.7 Å². The molecule has 6 N–H and O–H groups in total. The zero-order valence-corrected chi connectivity index (χ0v) is 18.4. The number of carbonyl (C=O) groups excluding carboxylic acids is 3. The molecule has 28 heavy (non-hydrogen) atoms. The summed E-state index contributed by atoms with van der Waals surface area (Å²) >= 11 is 5.41. The van der Waals surface area contributed by atoms with E-state index in [1.807, 2.05) is 20.1 Å². The van der Waals surface area contributed by atoms with Crippen LogP contribution in [0.3, 0.4) is 0 Å². The van der Waals surface area contributed by atoms with Crippen LogP contribution in [0.2, 0.25) is 0 Å². The van der Waals surface area contributed by atoms with Gasteiger partial charge in [0.15, 0.2) is 0 Å². The lowest BCUT2D eigenvalue weighted by Crippen LogP contribution is -2.57. The summed E-state index contributed by atoms with van der Waals surface area (Å²) in [5, 5.41) is 16.7. The van der Waals surface area contributed by atoms with Crippen LogP contribution in [0, 0.1) is 5.92 Å². The Morgan fingerprint density at radius 1 is 0.964 bits per heavy atom. The van der Waals surface area contributed by atoms with Gasteiger partial charge in [-0.15, -0.1) is 0 Å². The van der Waals surface area contributed by atoms with Crippen LogP contribution in [0.5, 0.6) is 0 Å². The molecule has 4 atom stereocenters. The molecule has 0 rings (SSSR count). The number of hydrogen-bond acceptors (Lipinski definition) is 7. The molecule has 9 nitrogen and oxygen atoms in total. The quantitative estimate of drug-likeness (QED) is 0.215. The van der Waals surface area contributed by atoms with Gasteiger partial charge in [0.25, 0.3) is 0 Å². The molecule has 0 spiro atoms. The Labute approximate surface area is 175 Å². The zero-order valence-electron chi connectivity index (χ0n) is 16.7. The first kappa shape index (κ1) is 26.5. The summed E-state index contributed by atoms with van der Waals surface area (Å²) in [6, 6.07) is -3.70. The van der Waals surface area contributed by atoms with Crippen LogP contribution >= 0.6 is 24.4 Å². The van der Waals surface area contributed by atoms with Crippen molar-refractivity contribution in [1.82, 2.24) is 16.0 Å². The zero-order chi connectivity index (χ0) is 21.9. The first-order valence-electron chi connectivity index (χ1n) is 9.02. The number of hydrogen-bond donors (Lipinski definition) is 6. The fourth-order valence-corrected chi connectivity index (χ4v) is 2.96. The summed E-state index contributed by atoms with van der Waals surface area (Å²) in [7, 11) is 0. The molecule has 0 aromatic rings. The van der Waals surface area contributed by atoms with Crippen LogP contribution in [0.4, 0.5) is 0 Å². The van der Waals surface area contributed by atoms with Crippen molar-refractivity contribution in [3.05, 3.63) is 0 Å². The summed E-state index contributed by atoms with van der Waals surface area (Å²) in [5.74, 6) is -2.18. The summed E-state index contributed by atoms with van der Waals surface area (Å²) < 4.78 is 0. The van der Waals surface area contributed by atoms with Crippen molar-refractivity contribution in [3.8, 4) is 0 Å². The summed E-state index contributed by atoms with van der Waals surface area (Å²) in [5.41, 5.74) is 5.56. The second-order valence-corrected chi connectivity index (χ2v) is 8.25. The molecule has 0 aliphatic heterocycles. The number of nitrogens with one attached hydrogen (secondary N) is 3. The molecule has 0 saturated carbocycles. The molecule has 0 aliphatic carbocycles. The number of nitrogens with two attached hydrogens (primary N) is 1. The molecule has 162 valence electrons. The van der Waals surface area contributed by atoms with Gasteiger partial charge in [0, 0.05) is 5.75 Å². The van der Waals surface area contributed by atoms with Crippen molar-refractivity contribution in [3.63, 3.8) is 0 Å². The van der Waals surface area contributed by atoms with Crippen molar-refractivity contribution in [2.75, 3.05) is 17.8 Å². The van der Waals surface area contributed by atoms with Crippen molar-refractivity contribution in [1.29, 1.82) is 0 Å². The molecule has 0 saturated heterocycles. The lowest BCUT2D eigenvalue weighted by atomic mass is 10.0. The summed E-state index contributed by atoms with van der Waals surface area (Å²) in [6.45, 7) is 5.32. The predicted molar refractivity (Wildman–Crippen MR) is 113 cm³/mol. The molecule has 0 heterocycles. The highest BCUT2D eigenvalue weighted by Crippen LogP contribution is 2.08. The van der Waals surface area contributed by atoms with Gasteiger partial charge in [-0.1, -0.05) is 13.8 Å². The molecular weight excluding hydrogens is 404 g/mol. The number of carboxylic acids is 1. The second kappa shape index (κ2) is 13.7. The van der Waals surface area contributed by atoms with E-state index in [4.69, 9.17) is 10.8 Å². The SMILES string of the molecule is CSCCC(NC(=O)C(CC(C)C)NC(=O)C(C)N)C(=O)NC(CS)C(=O)O. The number of carboxylic acid groups (broad SMARTS) is 1. The number of aliphatic carboxylic acids is 1. The highest BCUT2D eigenvalue weighted by molar-refractivity contribution is 7.98. The number of amides is 3. The molecule has 11 heteroatoms. The first-order chi connectivity index (χ1) is 13.0. The van der Waals surface area contributed by atoms with Gasteiger partial charge in [-0.05, 0) is 37.7 Å². The molecule has 0 aromatic carbocycles. The Morgan fingerprint density at radius 3 is 1.89 bits per heavy atom. The van der Waals surface area contributed by atoms with E-state index in [0.29, 0.717) is 18.6 Å². The Kier molecular flexibility index (Phi) is 13.0. The highest BCUT2D eigenvalue weighted by atomic mass is 32.2. The molecule has 0 bridgehead atoms. The predicted octanol–water partition coefficient (Wildman–Crippen LogP) is -0.398. The van der Waals surface area contributed by atoms with E-state index in [0.717, 1.165) is 0 Å². The normalized spacial score (nSPS) is 15.2. The molecule has 0 fully saturated rings. The van der Waals surface area contributed by atoms with Crippen molar-refractivity contribution < 1.29 is 24.3 Å². The van der Waals surface area contributed by atoms with Gasteiger partial charge in [-0.25, -0.2) is 4.79 Å². The molecular formula is C17H32N4O5S2. The van der Waals surface area contributed by atoms with Gasteiger partial charge in [-0.3, -0.25) is 14.4 Å². The lowest BCUT2D eigenvalue weighted by molar-refractivity contribution is -0.141. The average Bonchev–Trinajstić information content (AvgIpc) is 2.61. The monoisotopic (exact) mass is 436 g/mol. The van der Waals surface area contributed by atoms with E-state index in [9.17, 15) is 19.2 Å². The molecule has 0 radical (unpaired) electrons. The lowest BCUT2D eigenvalue weighted by Gasteiger charge is -2.25. The Hall–Kier alpha value is -1.46. The summed E-state index contributed by atoms with van der Waals surface area (Å²) in [6.07, 6.45) is 2.54. The van der Waals surface area contributed by atoms with E-state index in [2.05, 4.69) is 28.6 Å². The maximum Gasteiger partial charge on any atom is 0.327 e. The number of thiol groups is 1. The van der Waals surface area contributed by atoms with Crippen molar-refractivity contribution in [2.24, 2.45) is 11.7 Å². The number of thioether (sulfide) groups is 1. The standard InChI is InChI=1S/C17H32N4O5S2/c1-9(2)7-12(20-14(22)10(3)18)16(24)19-11(5-6-28-4)15(23)21-13(8-27)17(25)26/h9-13,27H,5-8,18H2,1-4H3,(H,19,24)(H,20,22)(H,21,23)(H,25,26). The maximum atomic E-state index is 12.7. The van der Waals surface area contributed by atoms with Crippen LogP contribution < -0.4 is 21.7 Å². The maximum absolute atomic E-state index is 12.7. The van der Waals surface area contributed by atoms with Gasteiger partial charge in [0.05, 0.1) is 6.04 Å². The van der Waals surface area contributed by atoms with E-state index < -0.39 is 47.9 Å². The third-order valence-corrected chi connectivity index (χ3v) is 4.80. The smallest absolute Gasteiger partial charge is 0.327 e. The van der Waals surface area contributed by atoms with Crippen LogP contribution in [0.15, 0.2) is 0 Å². The molecule has 0 aliphatic rings. The minimum absolute atomic E-state index is 0.0787. The topological polar surface area (TPSA) is 151 Å². The fraction of sp³-hybridized carbons (Fsp3) is 0.765. The van der Waals surface area contributed by atoms with Crippen molar-refractivity contribution >= 4 is 48.1 Å². The minimum atomic E-state index is -1.21. The van der Waals surface area contributed by atoms with Gasteiger partial charge in [0.2, 0.25) is 17.7 Å². The van der Waals surface area contributed by atoms with Gasteiger partial charge < -0.3 is 26.8 Å². The minimum Gasteiger partial charge on any atom is -0.480 e. The molecule has 0 aromatic heterocycles. The van der Waals surface area contributed by atoms with E-state index in [-0.39, 0.29) is 11.7 Å². The largest absolute Gasteiger partial charge is 0.480 e. The van der Waals surface area contributed by atoms with Gasteiger partial charge in [-0.2, -0.15) is 24.4 Å². The Balaban J connectivity index is 5.27. The summed E-state index contributed by atoms with van der Waals surface area (Å²) in [4.78, 5) is 48.3. The number of carbonyl (C=O) groups is 4. The Bertz CT molecular complexity index is 546. The highest BCUT2D eigenvalue weighted by Gasteiger charge is 2.29. The average molecular weight is 437 g/mol. The molecule has 4 unspecified atom stereocenters. The fourth-order valence-electron chi connectivity index (χ4n) is 2.24. The van der Waals surface area contributed by atoms with Crippen molar-refractivity contribution in [2.45, 2.75) is 57.8 Å². The van der Waals surface area contributed by atoms with Crippen LogP contribution in [-0.4, -0.2) is 70.7 Å². The third-order valence-electron chi connectivity index (χ3n) is 3.79. The second-order valence-electron chi connectivity index (χ2n) is 6.90. The van der Waals surface area contributed by atoms with E-state index in [1.54, 1.807) is 0 Å². The van der Waals surface area contributed by atoms with Crippen LogP contribution in [0.25, 0.3) is 0 Å². The number of rotatable bonds is 13. The van der Waals surface area contributed by atoms with Crippen LogP contribution in [-0.2, 0) is 19.2 Å². The molecule has 3 amide bonds. The third kappa shape index (κ3) is 10.2. The van der Waals surface area contributed by atoms with E-state index >= 15 is 0 Å². The van der Waals surface area contributed by atoms with Gasteiger partial charge in [0.1, 0.15) is 18.1 Å². The Morgan fingerprint density at radius 2 is 1.46 bits per heavy atom. The van der Waals surface area contributed by atoms with Gasteiger partial charge >= 0.3 is 5.97 Å². The van der Waals surface area contributed by atoms with Crippen LogP contribution in [0.1, 0.15) is 33.6 Å². The first-order valence-corrected chi connectivity index (χ1v) is 11.0.